The first-order chi connectivity index (χ1) is 28.2. The molecule has 306 valence electrons. The highest BCUT2D eigenvalue weighted by Gasteiger charge is 2.33. The third-order valence-corrected chi connectivity index (χ3v) is 11.5. The number of phenols is 1. The van der Waals surface area contributed by atoms with Crippen molar-refractivity contribution >= 4 is 38.8 Å². The molecule has 4 aromatic carbocycles. The Balaban J connectivity index is 1.09. The fourth-order valence-electron chi connectivity index (χ4n) is 6.55. The van der Waals surface area contributed by atoms with Crippen molar-refractivity contribution in [1.82, 2.24) is 15.1 Å². The molecule has 17 heteroatoms. The van der Waals surface area contributed by atoms with E-state index in [4.69, 9.17) is 9.15 Å². The molecule has 2 aliphatic rings. The molecule has 0 fully saturated rings. The van der Waals surface area contributed by atoms with Gasteiger partial charge in [-0.3, -0.25) is 19.6 Å². The molecular formula is C42H37F2N3O11S. The van der Waals surface area contributed by atoms with E-state index in [0.29, 0.717) is 25.0 Å². The summed E-state index contributed by atoms with van der Waals surface area (Å²) in [6, 6.07) is 21.1. The first-order valence-electron chi connectivity index (χ1n) is 18.1. The Bertz CT molecular complexity index is 2670. The highest BCUT2D eigenvalue weighted by atomic mass is 32.2. The van der Waals surface area contributed by atoms with E-state index in [9.17, 15) is 51.8 Å². The number of aromatic hydroxyl groups is 1. The van der Waals surface area contributed by atoms with Crippen LogP contribution >= 0.6 is 0 Å². The molecule has 0 saturated carbocycles. The molecule has 4 aromatic rings. The van der Waals surface area contributed by atoms with Crippen LogP contribution in [0.5, 0.6) is 11.5 Å². The number of fused-ring (bicyclic) bond motifs is 2. The maximum atomic E-state index is 14.6. The number of carboxylic acids is 1. The molecule has 0 spiro atoms. The fourth-order valence-corrected chi connectivity index (χ4v) is 7.90. The highest BCUT2D eigenvalue weighted by molar-refractivity contribution is 7.89. The Morgan fingerprint density at radius 2 is 1.61 bits per heavy atom. The Hall–Kier alpha value is -6.69. The molecule has 0 radical (unpaired) electrons. The average Bonchev–Trinajstić information content (AvgIpc) is 3.22. The molecule has 6 rings (SSSR count). The van der Waals surface area contributed by atoms with E-state index in [1.807, 2.05) is 30.3 Å². The molecule has 1 aliphatic heterocycles. The van der Waals surface area contributed by atoms with Crippen LogP contribution in [0.2, 0.25) is 0 Å². The van der Waals surface area contributed by atoms with Crippen molar-refractivity contribution in [2.45, 2.75) is 43.2 Å². The van der Waals surface area contributed by atoms with Gasteiger partial charge in [-0.2, -0.15) is 4.31 Å². The zero-order valence-corrected chi connectivity index (χ0v) is 32.1. The van der Waals surface area contributed by atoms with Crippen molar-refractivity contribution < 1.29 is 56.2 Å². The Morgan fingerprint density at radius 1 is 0.881 bits per heavy atom. The lowest BCUT2D eigenvalue weighted by Crippen LogP contribution is -2.46. The minimum Gasteiger partial charge on any atom is -0.505 e. The van der Waals surface area contributed by atoms with Crippen molar-refractivity contribution in [3.8, 4) is 33.9 Å². The van der Waals surface area contributed by atoms with E-state index in [-0.39, 0.29) is 63.5 Å². The molecule has 59 heavy (non-hydrogen) atoms. The summed E-state index contributed by atoms with van der Waals surface area (Å²) in [6.07, 6.45) is 1.14. The largest absolute Gasteiger partial charge is 0.505 e. The normalized spacial score (nSPS) is 12.1. The Kier molecular flexibility index (Phi) is 12.7. The van der Waals surface area contributed by atoms with Gasteiger partial charge in [0.15, 0.2) is 17.4 Å². The lowest BCUT2D eigenvalue weighted by molar-refractivity contribution is -0.133. The van der Waals surface area contributed by atoms with E-state index >= 15 is 0 Å². The monoisotopic (exact) mass is 829 g/mol. The number of nitrogens with one attached hydrogen (secondary N) is 2. The van der Waals surface area contributed by atoms with Crippen LogP contribution in [-0.4, -0.2) is 65.6 Å². The number of amides is 2. The first kappa shape index (κ1) is 41.9. The molecule has 0 bridgehead atoms. The predicted octanol–water partition coefficient (Wildman–Crippen LogP) is 6.31. The van der Waals surface area contributed by atoms with Crippen molar-refractivity contribution in [1.29, 1.82) is 0 Å². The van der Waals surface area contributed by atoms with Gasteiger partial charge in [0, 0.05) is 47.8 Å². The summed E-state index contributed by atoms with van der Waals surface area (Å²) in [5, 5.41) is 32.2. The standard InChI is InChI=1S/C42H37F2N3O11S/c1-47(59(55,56)27-14-12-26(13-15-27)57-23-24-8-4-2-5-9-24)34(41(51)46-54)10-6-3-7-17-45-40(50)25-11-16-28(29(18-25)42(52)53)39-30-19-32(43)35(48)21-37(30)58-38-22-36(49)33(44)20-31(38)39/h2,4-5,8-9,11-16,18-22,34,48,54H,3,6-7,10,17,23H2,1H3,(H,45,50)(H,46,51)(H,52,53)/t34-/m1/s1. The quantitative estimate of drug-likeness (QED) is 0.0316. The van der Waals surface area contributed by atoms with Gasteiger partial charge in [0.05, 0.1) is 10.5 Å². The number of phenolic OH excluding ortho intramolecular Hbond substituents is 1. The second-order valence-electron chi connectivity index (χ2n) is 13.5. The zero-order chi connectivity index (χ0) is 42.4. The predicted molar refractivity (Wildman–Crippen MR) is 210 cm³/mol. The number of hydrogen-bond donors (Lipinski definition) is 5. The molecular weight excluding hydrogens is 793 g/mol. The summed E-state index contributed by atoms with van der Waals surface area (Å²) >= 11 is 0. The maximum Gasteiger partial charge on any atom is 0.336 e. The summed E-state index contributed by atoms with van der Waals surface area (Å²) in [5.74, 6) is -5.79. The summed E-state index contributed by atoms with van der Waals surface area (Å²) < 4.78 is 68.2. The number of halogens is 2. The third-order valence-electron chi connectivity index (χ3n) is 9.66. The van der Waals surface area contributed by atoms with Crippen molar-refractivity contribution in [3.05, 3.63) is 136 Å². The van der Waals surface area contributed by atoms with Gasteiger partial charge in [0.1, 0.15) is 29.7 Å². The number of unbranched alkanes of at least 4 members (excludes halogenated alkanes) is 2. The number of likely N-dealkylation sites (N-methyl/N-ethyl adjacent to an activating group) is 1. The lowest BCUT2D eigenvalue weighted by Gasteiger charge is -2.26. The molecule has 2 amide bonds. The Labute approximate surface area is 335 Å². The highest BCUT2D eigenvalue weighted by Crippen LogP contribution is 2.43. The number of carbonyl (C=O) groups excluding carboxylic acids is 2. The van der Waals surface area contributed by atoms with Gasteiger partial charge >= 0.3 is 5.97 Å². The van der Waals surface area contributed by atoms with Gasteiger partial charge < -0.3 is 24.7 Å². The molecule has 14 nitrogen and oxygen atoms in total. The molecule has 1 atom stereocenters. The number of aromatic carboxylic acids is 1. The summed E-state index contributed by atoms with van der Waals surface area (Å²) in [6.45, 7) is 0.395. The lowest BCUT2D eigenvalue weighted by atomic mass is 9.89. The van der Waals surface area contributed by atoms with Crippen LogP contribution in [0.15, 0.2) is 111 Å². The molecule has 1 aliphatic carbocycles. The molecule has 0 aromatic heterocycles. The summed E-state index contributed by atoms with van der Waals surface area (Å²) in [7, 11) is -2.95. The number of benzene rings is 5. The summed E-state index contributed by atoms with van der Waals surface area (Å²) in [5.41, 5.74) is 0.729. The van der Waals surface area contributed by atoms with Gasteiger partial charge in [-0.25, -0.2) is 27.5 Å². The number of sulfonamides is 1. The van der Waals surface area contributed by atoms with Crippen LogP contribution in [0.4, 0.5) is 8.78 Å². The number of hydroxylamine groups is 1. The second-order valence-corrected chi connectivity index (χ2v) is 15.5. The number of rotatable bonds is 16. The van der Waals surface area contributed by atoms with Crippen LogP contribution in [0.3, 0.4) is 0 Å². The molecule has 1 heterocycles. The zero-order valence-electron chi connectivity index (χ0n) is 31.3. The Morgan fingerprint density at radius 3 is 2.31 bits per heavy atom. The minimum absolute atomic E-state index is 0.0166. The van der Waals surface area contributed by atoms with Crippen LogP contribution in [0.25, 0.3) is 33.4 Å². The molecule has 5 N–H and O–H groups in total. The van der Waals surface area contributed by atoms with E-state index in [1.165, 1.54) is 48.9 Å². The second kappa shape index (κ2) is 17.8. The van der Waals surface area contributed by atoms with Crippen molar-refractivity contribution in [2.24, 2.45) is 0 Å². The van der Waals surface area contributed by atoms with E-state index < -0.39 is 62.2 Å². The average molecular weight is 830 g/mol. The van der Waals surface area contributed by atoms with Crippen LogP contribution < -0.4 is 21.0 Å². The van der Waals surface area contributed by atoms with E-state index in [0.717, 1.165) is 40.2 Å². The SMILES string of the molecule is CN([C@H](CCCCCNC(=O)c1ccc(-c2c3cc(F)c(=O)cc-3oc3cc(O)c(F)cc23)c(C(=O)O)c1)C(=O)NO)S(=O)(=O)c1ccc(OCc2ccccc2)cc1. The number of carboxylic acid groups (broad SMARTS) is 1. The van der Waals surface area contributed by atoms with Gasteiger partial charge in [-0.1, -0.05) is 49.2 Å². The van der Waals surface area contributed by atoms with Gasteiger partial charge in [-0.05, 0) is 72.5 Å². The first-order valence-corrected chi connectivity index (χ1v) is 19.6. The number of ether oxygens (including phenoxy) is 1. The topological polar surface area (TPSA) is 213 Å². The van der Waals surface area contributed by atoms with Gasteiger partial charge in [-0.15, -0.1) is 0 Å². The van der Waals surface area contributed by atoms with Crippen molar-refractivity contribution in [2.75, 3.05) is 13.6 Å². The maximum absolute atomic E-state index is 14.6. The third kappa shape index (κ3) is 9.22. The number of nitrogens with zero attached hydrogens (tertiary/aromatic N) is 1. The number of carbonyl (C=O) groups is 3. The van der Waals surface area contributed by atoms with Crippen molar-refractivity contribution in [3.63, 3.8) is 0 Å². The fraction of sp³-hybridized carbons (Fsp3) is 0.190. The number of hydrogen-bond acceptors (Lipinski definition) is 10. The van der Waals surface area contributed by atoms with Crippen LogP contribution in [0, 0.1) is 11.6 Å². The smallest absolute Gasteiger partial charge is 0.336 e. The molecule has 0 unspecified atom stereocenters. The molecule has 0 saturated heterocycles. The van der Waals surface area contributed by atoms with E-state index in [2.05, 4.69) is 5.32 Å². The van der Waals surface area contributed by atoms with Crippen LogP contribution in [-0.2, 0) is 21.4 Å². The minimum atomic E-state index is -4.18. The van der Waals surface area contributed by atoms with Crippen LogP contribution in [0.1, 0.15) is 52.0 Å². The van der Waals surface area contributed by atoms with E-state index in [1.54, 1.807) is 0 Å². The van der Waals surface area contributed by atoms with Gasteiger partial charge in [0.25, 0.3) is 11.8 Å². The summed E-state index contributed by atoms with van der Waals surface area (Å²) in [4.78, 5) is 50.3. The van der Waals surface area contributed by atoms with Gasteiger partial charge in [0.2, 0.25) is 15.5 Å².